The molecule has 2 aromatic rings. The predicted octanol–water partition coefficient (Wildman–Crippen LogP) is 3.80. The van der Waals surface area contributed by atoms with Crippen LogP contribution < -0.4 is 10.1 Å². The Balaban J connectivity index is 2.02. The van der Waals surface area contributed by atoms with E-state index in [0.717, 1.165) is 6.42 Å². The summed E-state index contributed by atoms with van der Waals surface area (Å²) >= 11 is 0. The Labute approximate surface area is 123 Å². The molecule has 0 aliphatic carbocycles. The van der Waals surface area contributed by atoms with Gasteiger partial charge in [-0.05, 0) is 36.2 Å². The van der Waals surface area contributed by atoms with Crippen molar-refractivity contribution in [3.8, 4) is 5.75 Å². The van der Waals surface area contributed by atoms with Crippen LogP contribution in [0.1, 0.15) is 18.9 Å². The van der Waals surface area contributed by atoms with Gasteiger partial charge < -0.3 is 10.1 Å². The van der Waals surface area contributed by atoms with Crippen LogP contribution in [0.15, 0.2) is 48.5 Å². The first-order valence-electron chi connectivity index (χ1n) is 6.95. The minimum absolute atomic E-state index is 0.125. The number of benzene rings is 2. The molecule has 0 heterocycles. The zero-order valence-corrected chi connectivity index (χ0v) is 11.9. The lowest BCUT2D eigenvalue weighted by atomic mass is 10.1. The van der Waals surface area contributed by atoms with E-state index < -0.39 is 0 Å². The lowest BCUT2D eigenvalue weighted by Crippen LogP contribution is -2.15. The minimum atomic E-state index is -0.341. The summed E-state index contributed by atoms with van der Waals surface area (Å²) < 4.78 is 18.7. The number of rotatable bonds is 6. The van der Waals surface area contributed by atoms with Crippen molar-refractivity contribution >= 4 is 11.6 Å². The van der Waals surface area contributed by atoms with Crippen LogP contribution >= 0.6 is 0 Å². The Kier molecular flexibility index (Phi) is 5.32. The van der Waals surface area contributed by atoms with Crippen LogP contribution in [0.2, 0.25) is 0 Å². The molecule has 4 heteroatoms. The summed E-state index contributed by atoms with van der Waals surface area (Å²) in [6.07, 6.45) is 1.02. The lowest BCUT2D eigenvalue weighted by Gasteiger charge is -2.12. The third kappa shape index (κ3) is 4.60. The van der Waals surface area contributed by atoms with Crippen molar-refractivity contribution in [3.05, 3.63) is 59.9 Å². The van der Waals surface area contributed by atoms with E-state index in [1.54, 1.807) is 18.2 Å². The molecule has 0 aliphatic rings. The summed E-state index contributed by atoms with van der Waals surface area (Å²) in [4.78, 5) is 12.0. The first kappa shape index (κ1) is 15.0. The summed E-state index contributed by atoms with van der Waals surface area (Å²) in [7, 11) is 0. The molecular weight excluding hydrogens is 269 g/mol. The lowest BCUT2D eigenvalue weighted by molar-refractivity contribution is -0.115. The maximum atomic E-state index is 13.1. The van der Waals surface area contributed by atoms with E-state index in [9.17, 15) is 9.18 Å². The second kappa shape index (κ2) is 7.43. The standard InChI is InChI=1S/C17H18FNO2/c1-2-10-21-16-9-4-3-8-15(16)19-17(20)12-13-6-5-7-14(18)11-13/h3-9,11H,2,10,12H2,1H3,(H,19,20). The largest absolute Gasteiger partial charge is 0.491 e. The van der Waals surface area contributed by atoms with Crippen molar-refractivity contribution in [2.24, 2.45) is 0 Å². The summed E-state index contributed by atoms with van der Waals surface area (Å²) in [5.41, 5.74) is 1.27. The van der Waals surface area contributed by atoms with Gasteiger partial charge in [-0.1, -0.05) is 31.2 Å². The molecule has 2 rings (SSSR count). The fraction of sp³-hybridized carbons (Fsp3) is 0.235. The quantitative estimate of drug-likeness (QED) is 0.877. The van der Waals surface area contributed by atoms with Gasteiger partial charge in [0, 0.05) is 0 Å². The van der Waals surface area contributed by atoms with Gasteiger partial charge in [0.05, 0.1) is 18.7 Å². The van der Waals surface area contributed by atoms with E-state index in [4.69, 9.17) is 4.74 Å². The van der Waals surface area contributed by atoms with Crippen LogP contribution in [-0.2, 0) is 11.2 Å². The van der Waals surface area contributed by atoms with Gasteiger partial charge in [-0.15, -0.1) is 0 Å². The van der Waals surface area contributed by atoms with Crippen molar-refractivity contribution in [3.63, 3.8) is 0 Å². The molecule has 1 amide bonds. The summed E-state index contributed by atoms with van der Waals surface area (Å²) in [6, 6.07) is 13.3. The minimum Gasteiger partial charge on any atom is -0.491 e. The normalized spacial score (nSPS) is 10.2. The van der Waals surface area contributed by atoms with Crippen LogP contribution in [0, 0.1) is 5.82 Å². The maximum Gasteiger partial charge on any atom is 0.228 e. The molecule has 3 nitrogen and oxygen atoms in total. The third-order valence-electron chi connectivity index (χ3n) is 2.88. The molecule has 0 saturated heterocycles. The summed E-state index contributed by atoms with van der Waals surface area (Å²) in [5, 5.41) is 2.80. The molecule has 0 saturated carbocycles. The molecule has 0 unspecified atom stereocenters. The number of carbonyl (C=O) groups excluding carboxylic acids is 1. The molecule has 0 bridgehead atoms. The molecule has 0 fully saturated rings. The van der Waals surface area contributed by atoms with Crippen molar-refractivity contribution in [1.29, 1.82) is 0 Å². The smallest absolute Gasteiger partial charge is 0.228 e. The highest BCUT2D eigenvalue weighted by Gasteiger charge is 2.08. The van der Waals surface area contributed by atoms with E-state index in [1.807, 2.05) is 25.1 Å². The highest BCUT2D eigenvalue weighted by molar-refractivity contribution is 5.93. The Morgan fingerprint density at radius 2 is 2.00 bits per heavy atom. The molecule has 110 valence electrons. The molecule has 0 aliphatic heterocycles. The molecule has 2 aromatic carbocycles. The Morgan fingerprint density at radius 1 is 1.19 bits per heavy atom. The van der Waals surface area contributed by atoms with Gasteiger partial charge in [0.15, 0.2) is 0 Å². The Bertz CT molecular complexity index is 613. The number of halogens is 1. The van der Waals surface area contributed by atoms with Crippen LogP contribution in [0.5, 0.6) is 5.75 Å². The van der Waals surface area contributed by atoms with Crippen LogP contribution in [-0.4, -0.2) is 12.5 Å². The zero-order valence-electron chi connectivity index (χ0n) is 11.9. The first-order valence-corrected chi connectivity index (χ1v) is 6.95. The number of anilines is 1. The first-order chi connectivity index (χ1) is 10.2. The van der Waals surface area contributed by atoms with E-state index in [-0.39, 0.29) is 18.1 Å². The van der Waals surface area contributed by atoms with Crippen LogP contribution in [0.3, 0.4) is 0 Å². The number of hydrogen-bond donors (Lipinski definition) is 1. The number of amides is 1. The van der Waals surface area contributed by atoms with Gasteiger partial charge >= 0.3 is 0 Å². The van der Waals surface area contributed by atoms with Gasteiger partial charge in [0.25, 0.3) is 0 Å². The van der Waals surface area contributed by atoms with Crippen molar-refractivity contribution in [1.82, 2.24) is 0 Å². The fourth-order valence-corrected chi connectivity index (χ4v) is 1.93. The second-order valence-electron chi connectivity index (χ2n) is 4.70. The monoisotopic (exact) mass is 287 g/mol. The average Bonchev–Trinajstić information content (AvgIpc) is 2.46. The number of ether oxygens (including phenoxy) is 1. The summed E-state index contributed by atoms with van der Waals surface area (Å²) in [6.45, 7) is 2.61. The molecule has 21 heavy (non-hydrogen) atoms. The van der Waals surface area contributed by atoms with E-state index in [0.29, 0.717) is 23.6 Å². The molecule has 0 spiro atoms. The molecular formula is C17H18FNO2. The Morgan fingerprint density at radius 3 is 2.76 bits per heavy atom. The van der Waals surface area contributed by atoms with Gasteiger partial charge in [-0.2, -0.15) is 0 Å². The Hall–Kier alpha value is -2.36. The highest BCUT2D eigenvalue weighted by Crippen LogP contribution is 2.24. The number of nitrogens with one attached hydrogen (secondary N) is 1. The molecule has 1 N–H and O–H groups in total. The number of hydrogen-bond acceptors (Lipinski definition) is 2. The summed E-state index contributed by atoms with van der Waals surface area (Å²) in [5.74, 6) is 0.104. The van der Waals surface area contributed by atoms with Gasteiger partial charge in [-0.25, -0.2) is 4.39 Å². The van der Waals surface area contributed by atoms with E-state index in [1.165, 1.54) is 12.1 Å². The van der Waals surface area contributed by atoms with Gasteiger partial charge in [0.1, 0.15) is 11.6 Å². The van der Waals surface area contributed by atoms with Gasteiger partial charge in [-0.3, -0.25) is 4.79 Å². The van der Waals surface area contributed by atoms with E-state index >= 15 is 0 Å². The van der Waals surface area contributed by atoms with Crippen LogP contribution in [0.4, 0.5) is 10.1 Å². The second-order valence-corrected chi connectivity index (χ2v) is 4.70. The third-order valence-corrected chi connectivity index (χ3v) is 2.88. The van der Waals surface area contributed by atoms with Crippen molar-refractivity contribution in [2.45, 2.75) is 19.8 Å². The fourth-order valence-electron chi connectivity index (χ4n) is 1.93. The average molecular weight is 287 g/mol. The van der Waals surface area contributed by atoms with E-state index in [2.05, 4.69) is 5.32 Å². The zero-order chi connectivity index (χ0) is 15.1. The number of para-hydroxylation sites is 2. The number of carbonyl (C=O) groups is 1. The SMILES string of the molecule is CCCOc1ccccc1NC(=O)Cc1cccc(F)c1. The molecule has 0 radical (unpaired) electrons. The molecule has 0 aromatic heterocycles. The highest BCUT2D eigenvalue weighted by atomic mass is 19.1. The van der Waals surface area contributed by atoms with Crippen molar-refractivity contribution < 1.29 is 13.9 Å². The maximum absolute atomic E-state index is 13.1. The molecule has 0 atom stereocenters. The topological polar surface area (TPSA) is 38.3 Å². The van der Waals surface area contributed by atoms with Crippen molar-refractivity contribution in [2.75, 3.05) is 11.9 Å². The van der Waals surface area contributed by atoms with Crippen LogP contribution in [0.25, 0.3) is 0 Å². The van der Waals surface area contributed by atoms with Gasteiger partial charge in [0.2, 0.25) is 5.91 Å². The predicted molar refractivity (Wildman–Crippen MR) is 81.0 cm³/mol.